The Kier molecular flexibility index (Phi) is 6.04. The first-order valence-corrected chi connectivity index (χ1v) is 8.64. The van der Waals surface area contributed by atoms with E-state index < -0.39 is 6.04 Å². The van der Waals surface area contributed by atoms with E-state index in [1.807, 2.05) is 54.6 Å². The fourth-order valence-electron chi connectivity index (χ4n) is 2.61. The largest absolute Gasteiger partial charge is 0.394 e. The number of anilines is 1. The van der Waals surface area contributed by atoms with E-state index in [1.165, 1.54) is 12.8 Å². The third-order valence-electron chi connectivity index (χ3n) is 4.19. The van der Waals surface area contributed by atoms with E-state index in [0.717, 1.165) is 23.7 Å². The summed E-state index contributed by atoms with van der Waals surface area (Å²) in [5.74, 6) is 0.737. The molecule has 5 nitrogen and oxygen atoms in total. The molecule has 0 bridgehead atoms. The number of amides is 2. The molecule has 1 atom stereocenters. The van der Waals surface area contributed by atoms with Crippen LogP contribution in [0.2, 0.25) is 0 Å². The Labute approximate surface area is 148 Å². The normalized spacial score (nSPS) is 14.8. The summed E-state index contributed by atoms with van der Waals surface area (Å²) >= 11 is 0. The molecule has 1 aliphatic rings. The molecule has 3 N–H and O–H groups in total. The Morgan fingerprint density at radius 2 is 1.96 bits per heavy atom. The van der Waals surface area contributed by atoms with Gasteiger partial charge in [0, 0.05) is 12.3 Å². The molecule has 1 aliphatic carbocycles. The van der Waals surface area contributed by atoms with Gasteiger partial charge in [0.2, 0.25) is 0 Å². The van der Waals surface area contributed by atoms with Crippen LogP contribution in [-0.2, 0) is 11.3 Å². The standard InChI is InChI=1S/C20H24N2O3/c23-12-19(17-6-2-1-3-7-17)22-20(24)21-18-8-4-5-16(11-18)14-25-13-15-9-10-15/h1-8,11,15,19,23H,9-10,12-14H2,(H2,21,22,24)/t19-/m1/s1. The van der Waals surface area contributed by atoms with Crippen LogP contribution in [0.4, 0.5) is 10.5 Å². The minimum absolute atomic E-state index is 0.160. The quantitative estimate of drug-likeness (QED) is 0.689. The highest BCUT2D eigenvalue weighted by Crippen LogP contribution is 2.29. The van der Waals surface area contributed by atoms with Gasteiger partial charge in [-0.05, 0) is 42.0 Å². The molecule has 0 unspecified atom stereocenters. The maximum atomic E-state index is 12.2. The van der Waals surface area contributed by atoms with E-state index in [-0.39, 0.29) is 12.6 Å². The van der Waals surface area contributed by atoms with Crippen LogP contribution >= 0.6 is 0 Å². The predicted octanol–water partition coefficient (Wildman–Crippen LogP) is 3.47. The smallest absolute Gasteiger partial charge is 0.319 e. The number of carbonyl (C=O) groups excluding carboxylic acids is 1. The van der Waals surface area contributed by atoms with Gasteiger partial charge >= 0.3 is 6.03 Å². The number of nitrogens with one attached hydrogen (secondary N) is 2. The number of carbonyl (C=O) groups is 1. The molecular weight excluding hydrogens is 316 g/mol. The van der Waals surface area contributed by atoms with Crippen molar-refractivity contribution < 1.29 is 14.6 Å². The van der Waals surface area contributed by atoms with Crippen LogP contribution in [0.1, 0.15) is 30.0 Å². The molecule has 0 aromatic heterocycles. The average molecular weight is 340 g/mol. The van der Waals surface area contributed by atoms with Gasteiger partial charge in [0.1, 0.15) is 0 Å². The van der Waals surface area contributed by atoms with Gasteiger partial charge in [-0.15, -0.1) is 0 Å². The summed E-state index contributed by atoms with van der Waals surface area (Å²) in [6.07, 6.45) is 2.55. The van der Waals surface area contributed by atoms with Crippen LogP contribution in [0.15, 0.2) is 54.6 Å². The molecule has 3 rings (SSSR count). The topological polar surface area (TPSA) is 70.6 Å². The van der Waals surface area contributed by atoms with Crippen LogP contribution in [0.5, 0.6) is 0 Å². The third-order valence-corrected chi connectivity index (χ3v) is 4.19. The molecule has 25 heavy (non-hydrogen) atoms. The lowest BCUT2D eigenvalue weighted by Gasteiger charge is -2.17. The van der Waals surface area contributed by atoms with Crippen molar-refractivity contribution in [3.8, 4) is 0 Å². The highest BCUT2D eigenvalue weighted by molar-refractivity contribution is 5.89. The molecule has 1 fully saturated rings. The molecule has 2 aromatic rings. The van der Waals surface area contributed by atoms with Crippen molar-refractivity contribution in [3.63, 3.8) is 0 Å². The van der Waals surface area contributed by atoms with Crippen LogP contribution in [0.25, 0.3) is 0 Å². The Bertz CT molecular complexity index is 686. The molecule has 1 saturated carbocycles. The zero-order valence-corrected chi connectivity index (χ0v) is 14.2. The minimum Gasteiger partial charge on any atom is -0.394 e. The first-order chi connectivity index (χ1) is 12.2. The van der Waals surface area contributed by atoms with E-state index in [9.17, 15) is 9.90 Å². The second-order valence-electron chi connectivity index (χ2n) is 6.40. The maximum absolute atomic E-state index is 12.2. The van der Waals surface area contributed by atoms with Crippen molar-refractivity contribution in [2.24, 2.45) is 5.92 Å². The van der Waals surface area contributed by atoms with E-state index in [2.05, 4.69) is 10.6 Å². The first kappa shape index (κ1) is 17.5. The summed E-state index contributed by atoms with van der Waals surface area (Å²) in [4.78, 5) is 12.2. The van der Waals surface area contributed by atoms with E-state index in [4.69, 9.17) is 4.74 Å². The average Bonchev–Trinajstić information content (AvgIpc) is 3.45. The highest BCUT2D eigenvalue weighted by atomic mass is 16.5. The molecule has 0 heterocycles. The summed E-state index contributed by atoms with van der Waals surface area (Å²) in [5, 5.41) is 15.1. The Hall–Kier alpha value is -2.37. The van der Waals surface area contributed by atoms with Crippen molar-refractivity contribution >= 4 is 11.7 Å². The van der Waals surface area contributed by atoms with Gasteiger partial charge in [-0.25, -0.2) is 4.79 Å². The number of benzene rings is 2. The monoisotopic (exact) mass is 340 g/mol. The Balaban J connectivity index is 1.52. The molecule has 0 radical (unpaired) electrons. The number of ether oxygens (including phenoxy) is 1. The summed E-state index contributed by atoms with van der Waals surface area (Å²) in [5.41, 5.74) is 2.59. The van der Waals surface area contributed by atoms with Gasteiger partial charge in [-0.2, -0.15) is 0 Å². The molecular formula is C20H24N2O3. The summed E-state index contributed by atoms with van der Waals surface area (Å²) in [6, 6.07) is 16.2. The number of hydrogen-bond donors (Lipinski definition) is 3. The number of rotatable bonds is 8. The molecule has 0 spiro atoms. The van der Waals surface area contributed by atoms with Crippen LogP contribution < -0.4 is 10.6 Å². The predicted molar refractivity (Wildman–Crippen MR) is 97.2 cm³/mol. The van der Waals surface area contributed by atoms with Gasteiger partial charge in [-0.3, -0.25) is 0 Å². The zero-order chi connectivity index (χ0) is 17.5. The van der Waals surface area contributed by atoms with Gasteiger partial charge in [0.05, 0.1) is 19.3 Å². The number of urea groups is 1. The fraction of sp³-hybridized carbons (Fsp3) is 0.350. The van der Waals surface area contributed by atoms with Crippen molar-refractivity contribution in [2.45, 2.75) is 25.5 Å². The number of hydrogen-bond acceptors (Lipinski definition) is 3. The second kappa shape index (κ2) is 8.65. The van der Waals surface area contributed by atoms with E-state index >= 15 is 0 Å². The molecule has 0 aliphatic heterocycles. The molecule has 5 heteroatoms. The van der Waals surface area contributed by atoms with Crippen LogP contribution in [-0.4, -0.2) is 24.4 Å². The van der Waals surface area contributed by atoms with Gasteiger partial charge < -0.3 is 20.5 Å². The molecule has 0 saturated heterocycles. The van der Waals surface area contributed by atoms with Crippen molar-refractivity contribution in [2.75, 3.05) is 18.5 Å². The van der Waals surface area contributed by atoms with Crippen LogP contribution in [0.3, 0.4) is 0 Å². The summed E-state index contributed by atoms with van der Waals surface area (Å²) in [7, 11) is 0. The summed E-state index contributed by atoms with van der Waals surface area (Å²) < 4.78 is 5.68. The highest BCUT2D eigenvalue weighted by Gasteiger charge is 2.21. The lowest BCUT2D eigenvalue weighted by atomic mass is 10.1. The number of aliphatic hydroxyl groups is 1. The fourth-order valence-corrected chi connectivity index (χ4v) is 2.61. The SMILES string of the molecule is O=C(Nc1cccc(COCC2CC2)c1)N[C@H](CO)c1ccccc1. The molecule has 2 amide bonds. The minimum atomic E-state index is -0.439. The lowest BCUT2D eigenvalue weighted by molar-refractivity contribution is 0.111. The lowest BCUT2D eigenvalue weighted by Crippen LogP contribution is -2.34. The number of aliphatic hydroxyl groups excluding tert-OH is 1. The molecule has 2 aromatic carbocycles. The van der Waals surface area contributed by atoms with Crippen molar-refractivity contribution in [3.05, 3.63) is 65.7 Å². The van der Waals surface area contributed by atoms with Crippen molar-refractivity contribution in [1.82, 2.24) is 5.32 Å². The van der Waals surface area contributed by atoms with Gasteiger partial charge in [-0.1, -0.05) is 42.5 Å². The van der Waals surface area contributed by atoms with Gasteiger partial charge in [0.25, 0.3) is 0 Å². The van der Waals surface area contributed by atoms with E-state index in [1.54, 1.807) is 0 Å². The third kappa shape index (κ3) is 5.59. The van der Waals surface area contributed by atoms with Crippen LogP contribution in [0, 0.1) is 5.92 Å². The second-order valence-corrected chi connectivity index (χ2v) is 6.40. The molecule has 132 valence electrons. The zero-order valence-electron chi connectivity index (χ0n) is 14.2. The van der Waals surface area contributed by atoms with Gasteiger partial charge in [0.15, 0.2) is 0 Å². The van der Waals surface area contributed by atoms with E-state index in [0.29, 0.717) is 12.3 Å². The Morgan fingerprint density at radius 3 is 2.68 bits per heavy atom. The van der Waals surface area contributed by atoms with Crippen molar-refractivity contribution in [1.29, 1.82) is 0 Å². The Morgan fingerprint density at radius 1 is 1.16 bits per heavy atom. The summed E-state index contributed by atoms with van der Waals surface area (Å²) in [6.45, 7) is 1.21. The first-order valence-electron chi connectivity index (χ1n) is 8.64. The maximum Gasteiger partial charge on any atom is 0.319 e.